The van der Waals surface area contributed by atoms with Crippen molar-refractivity contribution >= 4 is 0 Å². The van der Waals surface area contributed by atoms with E-state index in [-0.39, 0.29) is 13.2 Å². The zero-order valence-electron chi connectivity index (χ0n) is 11.0. The molecule has 0 saturated carbocycles. The van der Waals surface area contributed by atoms with Crippen molar-refractivity contribution in [3.8, 4) is 0 Å². The van der Waals surface area contributed by atoms with Gasteiger partial charge in [-0.1, -0.05) is 32.1 Å². The van der Waals surface area contributed by atoms with Gasteiger partial charge in [0.2, 0.25) is 0 Å². The fourth-order valence-corrected chi connectivity index (χ4v) is 0.565. The Morgan fingerprint density at radius 2 is 1.69 bits per heavy atom. The van der Waals surface area contributed by atoms with Gasteiger partial charge in [0.1, 0.15) is 0 Å². The molecule has 0 saturated heterocycles. The third-order valence-electron chi connectivity index (χ3n) is 1.12. The van der Waals surface area contributed by atoms with Crippen LogP contribution in [0.15, 0.2) is 23.8 Å². The normalized spacial score (nSPS) is 12.4. The third-order valence-corrected chi connectivity index (χ3v) is 1.12. The second-order valence-electron chi connectivity index (χ2n) is 2.63. The van der Waals surface area contributed by atoms with Gasteiger partial charge in [-0.2, -0.15) is 0 Å². The van der Waals surface area contributed by atoms with Crippen LogP contribution in [0.25, 0.3) is 0 Å². The number of methoxy groups -OCH3 is 1. The molecule has 0 aliphatic carbocycles. The maximum absolute atomic E-state index is 8.81. The van der Waals surface area contributed by atoms with Gasteiger partial charge in [0.05, 0.1) is 19.3 Å². The highest BCUT2D eigenvalue weighted by Crippen LogP contribution is 1.96. The lowest BCUT2D eigenvalue weighted by molar-refractivity contribution is 0.244. The second kappa shape index (κ2) is 19.8. The van der Waals surface area contributed by atoms with Crippen LogP contribution < -0.4 is 0 Å². The molecular formula is C12H26O4. The van der Waals surface area contributed by atoms with E-state index in [1.54, 1.807) is 27.2 Å². The maximum atomic E-state index is 8.81. The standard InChI is InChI=1S/C8H14O3.C2H6O.C2H6/c1-7(11)2-3-8(6-10)4-5-9;1-3-2;1-2/h2-4,7,9-11H,5-6H2,1H3;1-2H3;1-2H3/b3-2-,8-4+;;. The summed E-state index contributed by atoms with van der Waals surface area (Å²) in [6.45, 7) is 5.40. The molecule has 4 heteroatoms. The fraction of sp³-hybridized carbons (Fsp3) is 0.667. The molecule has 0 bridgehead atoms. The van der Waals surface area contributed by atoms with Crippen LogP contribution in [0.1, 0.15) is 20.8 Å². The summed E-state index contributed by atoms with van der Waals surface area (Å²) >= 11 is 0. The molecule has 0 heterocycles. The van der Waals surface area contributed by atoms with Crippen molar-refractivity contribution in [1.29, 1.82) is 0 Å². The summed E-state index contributed by atoms with van der Waals surface area (Å²) < 4.78 is 4.25. The van der Waals surface area contributed by atoms with Crippen LogP contribution in [-0.2, 0) is 4.74 Å². The lowest BCUT2D eigenvalue weighted by Crippen LogP contribution is -1.94. The zero-order valence-corrected chi connectivity index (χ0v) is 11.0. The summed E-state index contributed by atoms with van der Waals surface area (Å²) in [6, 6.07) is 0. The van der Waals surface area contributed by atoms with E-state index in [2.05, 4.69) is 4.74 Å². The average Bonchev–Trinajstić information content (AvgIpc) is 2.28. The van der Waals surface area contributed by atoms with E-state index in [1.807, 2.05) is 13.8 Å². The molecule has 1 unspecified atom stereocenters. The summed E-state index contributed by atoms with van der Waals surface area (Å²) in [5.74, 6) is 0. The molecule has 0 spiro atoms. The summed E-state index contributed by atoms with van der Waals surface area (Å²) in [4.78, 5) is 0. The summed E-state index contributed by atoms with van der Waals surface area (Å²) in [7, 11) is 3.25. The predicted octanol–water partition coefficient (Wildman–Crippen LogP) is 1.12. The molecule has 0 aromatic carbocycles. The Hall–Kier alpha value is -0.680. The Labute approximate surface area is 98.9 Å². The van der Waals surface area contributed by atoms with Crippen molar-refractivity contribution in [2.45, 2.75) is 26.9 Å². The van der Waals surface area contributed by atoms with E-state index in [9.17, 15) is 0 Å². The summed E-state index contributed by atoms with van der Waals surface area (Å²) in [5.41, 5.74) is 0.605. The van der Waals surface area contributed by atoms with Crippen molar-refractivity contribution in [1.82, 2.24) is 0 Å². The fourth-order valence-electron chi connectivity index (χ4n) is 0.565. The van der Waals surface area contributed by atoms with Crippen molar-refractivity contribution in [3.63, 3.8) is 0 Å². The minimum absolute atomic E-state index is 0.0972. The van der Waals surface area contributed by atoms with Gasteiger partial charge in [0.25, 0.3) is 0 Å². The molecule has 0 radical (unpaired) electrons. The predicted molar refractivity (Wildman–Crippen MR) is 67.4 cm³/mol. The molecule has 0 fully saturated rings. The summed E-state index contributed by atoms with van der Waals surface area (Å²) in [5, 5.41) is 25.9. The van der Waals surface area contributed by atoms with Crippen LogP contribution in [0.3, 0.4) is 0 Å². The van der Waals surface area contributed by atoms with Crippen LogP contribution in [0, 0.1) is 0 Å². The molecule has 1 atom stereocenters. The van der Waals surface area contributed by atoms with Crippen molar-refractivity contribution < 1.29 is 20.1 Å². The van der Waals surface area contributed by atoms with Crippen LogP contribution in [0.4, 0.5) is 0 Å². The minimum Gasteiger partial charge on any atom is -0.392 e. The van der Waals surface area contributed by atoms with Crippen LogP contribution in [0.5, 0.6) is 0 Å². The zero-order chi connectivity index (χ0) is 13.4. The minimum atomic E-state index is -0.524. The first-order valence-corrected chi connectivity index (χ1v) is 5.29. The van der Waals surface area contributed by atoms with Gasteiger partial charge in [0, 0.05) is 14.2 Å². The van der Waals surface area contributed by atoms with E-state index in [1.165, 1.54) is 12.2 Å². The van der Waals surface area contributed by atoms with E-state index < -0.39 is 6.10 Å². The number of aliphatic hydroxyl groups is 3. The highest BCUT2D eigenvalue weighted by Gasteiger charge is 1.89. The van der Waals surface area contributed by atoms with Gasteiger partial charge in [-0.15, -0.1) is 0 Å². The van der Waals surface area contributed by atoms with Crippen LogP contribution >= 0.6 is 0 Å². The van der Waals surface area contributed by atoms with Gasteiger partial charge in [-0.05, 0) is 12.5 Å². The lowest BCUT2D eigenvalue weighted by Gasteiger charge is -1.96. The van der Waals surface area contributed by atoms with E-state index in [4.69, 9.17) is 15.3 Å². The smallest absolute Gasteiger partial charge is 0.0695 e. The molecule has 98 valence electrons. The first-order valence-electron chi connectivity index (χ1n) is 5.29. The summed E-state index contributed by atoms with van der Waals surface area (Å²) in [6.07, 6.45) is 4.08. The van der Waals surface area contributed by atoms with Crippen molar-refractivity contribution in [3.05, 3.63) is 23.8 Å². The first kappa shape index (κ1) is 20.7. The van der Waals surface area contributed by atoms with Crippen molar-refractivity contribution in [2.75, 3.05) is 27.4 Å². The quantitative estimate of drug-likeness (QED) is 0.638. The molecule has 16 heavy (non-hydrogen) atoms. The van der Waals surface area contributed by atoms with Gasteiger partial charge >= 0.3 is 0 Å². The number of rotatable bonds is 4. The van der Waals surface area contributed by atoms with Crippen LogP contribution in [0.2, 0.25) is 0 Å². The lowest BCUT2D eigenvalue weighted by atomic mass is 10.2. The second-order valence-corrected chi connectivity index (χ2v) is 2.63. The molecule has 3 N–H and O–H groups in total. The van der Waals surface area contributed by atoms with E-state index >= 15 is 0 Å². The van der Waals surface area contributed by atoms with Gasteiger partial charge in [-0.3, -0.25) is 0 Å². The molecule has 0 amide bonds. The third kappa shape index (κ3) is 23.3. The molecule has 0 aromatic rings. The highest BCUT2D eigenvalue weighted by molar-refractivity contribution is 5.19. The average molecular weight is 234 g/mol. The SMILES string of the molecule is CC.CC(O)/C=C\C(=C/CO)CO.COC. The maximum Gasteiger partial charge on any atom is 0.0695 e. The van der Waals surface area contributed by atoms with Gasteiger partial charge in [0.15, 0.2) is 0 Å². The van der Waals surface area contributed by atoms with Gasteiger partial charge < -0.3 is 20.1 Å². The van der Waals surface area contributed by atoms with Crippen molar-refractivity contribution in [2.24, 2.45) is 0 Å². The highest BCUT2D eigenvalue weighted by atomic mass is 16.4. The molecular weight excluding hydrogens is 208 g/mol. The van der Waals surface area contributed by atoms with Crippen LogP contribution in [-0.4, -0.2) is 48.9 Å². The topological polar surface area (TPSA) is 69.9 Å². The number of hydrogen-bond donors (Lipinski definition) is 3. The number of aliphatic hydroxyl groups excluding tert-OH is 3. The Kier molecular flexibility index (Phi) is 25.6. The Morgan fingerprint density at radius 1 is 1.25 bits per heavy atom. The number of ether oxygens (including phenoxy) is 1. The monoisotopic (exact) mass is 234 g/mol. The molecule has 0 rings (SSSR count). The molecule has 4 nitrogen and oxygen atoms in total. The molecule has 0 aliphatic rings. The Bertz CT molecular complexity index is 162. The van der Waals surface area contributed by atoms with E-state index in [0.29, 0.717) is 5.57 Å². The Balaban J connectivity index is -0.000000289. The Morgan fingerprint density at radius 3 is 1.94 bits per heavy atom. The van der Waals surface area contributed by atoms with E-state index in [0.717, 1.165) is 0 Å². The first-order chi connectivity index (χ1) is 7.62. The largest absolute Gasteiger partial charge is 0.392 e. The molecule has 0 aliphatic heterocycles. The number of hydrogen-bond acceptors (Lipinski definition) is 4. The van der Waals surface area contributed by atoms with Gasteiger partial charge in [-0.25, -0.2) is 0 Å². The molecule has 0 aromatic heterocycles.